The van der Waals surface area contributed by atoms with Crippen molar-refractivity contribution in [1.29, 1.82) is 0 Å². The normalized spacial score (nSPS) is 10.7. The van der Waals surface area contributed by atoms with Gasteiger partial charge in [-0.15, -0.1) is 0 Å². The molecule has 162 valence electrons. The number of halogens is 1. The Balaban J connectivity index is 1.36. The number of nitrogens with zero attached hydrogens (tertiary/aromatic N) is 3. The fourth-order valence-electron chi connectivity index (χ4n) is 3.23. The molecule has 0 aliphatic heterocycles. The molecular weight excluding hydrogens is 482 g/mol. The predicted octanol–water partition coefficient (Wildman–Crippen LogP) is 6.70. The zero-order valence-electron chi connectivity index (χ0n) is 17.3. The van der Waals surface area contributed by atoms with E-state index in [0.717, 1.165) is 27.0 Å². The summed E-state index contributed by atoms with van der Waals surface area (Å²) in [7, 11) is 0. The van der Waals surface area contributed by atoms with E-state index in [1.54, 1.807) is 6.20 Å². The van der Waals surface area contributed by atoms with Gasteiger partial charge in [0.15, 0.2) is 11.6 Å². The van der Waals surface area contributed by atoms with Crippen molar-refractivity contribution in [2.45, 2.75) is 0 Å². The molecule has 2 heterocycles. The van der Waals surface area contributed by atoms with E-state index in [0.29, 0.717) is 17.1 Å². The Hall–Kier alpha value is -4.17. The van der Waals surface area contributed by atoms with E-state index < -0.39 is 0 Å². The highest BCUT2D eigenvalue weighted by Gasteiger charge is 2.14. The third-order valence-electron chi connectivity index (χ3n) is 4.83. The van der Waals surface area contributed by atoms with E-state index in [1.165, 1.54) is 6.33 Å². The number of hydrogen-bond acceptors (Lipinski definition) is 7. The minimum atomic E-state index is 0.241. The summed E-state index contributed by atoms with van der Waals surface area (Å²) in [6, 6.07) is 24.6. The molecule has 0 aliphatic rings. The van der Waals surface area contributed by atoms with Gasteiger partial charge >= 0.3 is 0 Å². The lowest BCUT2D eigenvalue weighted by molar-refractivity contribution is 0.469. The Morgan fingerprint density at radius 1 is 0.758 bits per heavy atom. The van der Waals surface area contributed by atoms with Gasteiger partial charge in [-0.1, -0.05) is 40.2 Å². The predicted molar refractivity (Wildman–Crippen MR) is 132 cm³/mol. The number of ether oxygens (including phenoxy) is 2. The average molecular weight is 500 g/mol. The number of benzene rings is 3. The van der Waals surface area contributed by atoms with E-state index in [9.17, 15) is 0 Å². The van der Waals surface area contributed by atoms with Gasteiger partial charge in [-0.25, -0.2) is 4.98 Å². The maximum absolute atomic E-state index is 6.32. The van der Waals surface area contributed by atoms with Gasteiger partial charge in [0.05, 0.1) is 0 Å². The number of rotatable bonds is 6. The first kappa shape index (κ1) is 20.7. The van der Waals surface area contributed by atoms with Crippen LogP contribution in [0, 0.1) is 0 Å². The van der Waals surface area contributed by atoms with E-state index in [4.69, 9.17) is 15.2 Å². The molecule has 0 atom stereocenters. The molecule has 0 radical (unpaired) electrons. The third kappa shape index (κ3) is 4.56. The minimum Gasteiger partial charge on any atom is -0.457 e. The summed E-state index contributed by atoms with van der Waals surface area (Å²) in [4.78, 5) is 12.9. The Bertz CT molecular complexity index is 1410. The van der Waals surface area contributed by atoms with Crippen molar-refractivity contribution in [2.75, 3.05) is 11.1 Å². The van der Waals surface area contributed by atoms with Crippen molar-refractivity contribution in [2.24, 2.45) is 0 Å². The molecule has 2 aromatic heterocycles. The fourth-order valence-corrected chi connectivity index (χ4v) is 3.68. The third-order valence-corrected chi connectivity index (χ3v) is 5.52. The molecule has 0 amide bonds. The van der Waals surface area contributed by atoms with E-state index >= 15 is 0 Å². The summed E-state index contributed by atoms with van der Waals surface area (Å²) in [5.74, 6) is 2.72. The molecule has 0 aliphatic carbocycles. The summed E-state index contributed by atoms with van der Waals surface area (Å²) in [5.41, 5.74) is 8.10. The van der Waals surface area contributed by atoms with Crippen LogP contribution in [-0.2, 0) is 0 Å². The second-order valence-electron chi connectivity index (χ2n) is 7.05. The molecule has 0 bridgehead atoms. The number of nitrogen functional groups attached to an aromatic ring is 1. The second kappa shape index (κ2) is 9.13. The summed E-state index contributed by atoms with van der Waals surface area (Å²) < 4.78 is 12.8. The zero-order valence-corrected chi connectivity index (χ0v) is 18.9. The van der Waals surface area contributed by atoms with Gasteiger partial charge in [0.25, 0.3) is 0 Å². The van der Waals surface area contributed by atoms with Crippen molar-refractivity contribution in [3.05, 3.63) is 95.9 Å². The van der Waals surface area contributed by atoms with Crippen molar-refractivity contribution in [3.63, 3.8) is 0 Å². The second-order valence-corrected chi connectivity index (χ2v) is 7.91. The highest BCUT2D eigenvalue weighted by atomic mass is 79.9. The quantitative estimate of drug-likeness (QED) is 0.268. The monoisotopic (exact) mass is 499 g/mol. The first-order valence-corrected chi connectivity index (χ1v) is 10.9. The lowest BCUT2D eigenvalue weighted by atomic mass is 10.2. The van der Waals surface area contributed by atoms with Crippen LogP contribution in [0.2, 0.25) is 0 Å². The van der Waals surface area contributed by atoms with E-state index in [-0.39, 0.29) is 11.6 Å². The molecule has 8 heteroatoms. The lowest BCUT2D eigenvalue weighted by Crippen LogP contribution is -2.03. The maximum Gasteiger partial charge on any atom is 0.248 e. The number of fused-ring (bicyclic) bond motifs is 1. The van der Waals surface area contributed by atoms with Crippen LogP contribution >= 0.6 is 15.9 Å². The van der Waals surface area contributed by atoms with Crippen molar-refractivity contribution in [1.82, 2.24) is 15.0 Å². The summed E-state index contributed by atoms with van der Waals surface area (Å²) >= 11 is 3.54. The average Bonchev–Trinajstić information content (AvgIpc) is 2.85. The molecule has 0 saturated heterocycles. The molecule has 5 rings (SSSR count). The van der Waals surface area contributed by atoms with Crippen LogP contribution in [0.5, 0.6) is 23.1 Å². The number of hydrogen-bond donors (Lipinski definition) is 2. The van der Waals surface area contributed by atoms with Gasteiger partial charge < -0.3 is 20.5 Å². The first-order valence-electron chi connectivity index (χ1n) is 10.1. The molecule has 5 aromatic rings. The highest BCUT2D eigenvalue weighted by molar-refractivity contribution is 9.10. The van der Waals surface area contributed by atoms with Crippen LogP contribution in [0.15, 0.2) is 95.9 Å². The van der Waals surface area contributed by atoms with Crippen LogP contribution < -0.4 is 20.5 Å². The molecule has 0 unspecified atom stereocenters. The number of anilines is 3. The zero-order chi connectivity index (χ0) is 22.6. The fraction of sp³-hybridized carbons (Fsp3) is 0. The Morgan fingerprint density at radius 3 is 2.36 bits per heavy atom. The van der Waals surface area contributed by atoms with Gasteiger partial charge in [0, 0.05) is 21.7 Å². The first-order chi connectivity index (χ1) is 16.2. The van der Waals surface area contributed by atoms with Gasteiger partial charge in [0.1, 0.15) is 29.0 Å². The number of aromatic nitrogens is 3. The number of nitrogens with one attached hydrogen (secondary N) is 1. The van der Waals surface area contributed by atoms with Crippen LogP contribution in [0.4, 0.5) is 17.2 Å². The SMILES string of the molecule is Nc1c(Nc2ccc(Oc3ccccc3)cc2)ncnc1Oc1ccc(Br)c2cccnc12. The topological polar surface area (TPSA) is 95.2 Å². The molecule has 7 nitrogen and oxygen atoms in total. The Morgan fingerprint density at radius 2 is 1.55 bits per heavy atom. The Kier molecular flexibility index (Phi) is 5.73. The summed E-state index contributed by atoms with van der Waals surface area (Å²) in [6.07, 6.45) is 3.11. The molecule has 0 saturated carbocycles. The van der Waals surface area contributed by atoms with Crippen LogP contribution in [0.3, 0.4) is 0 Å². The molecule has 3 aromatic carbocycles. The molecular formula is C25H18BrN5O2. The molecule has 3 N–H and O–H groups in total. The van der Waals surface area contributed by atoms with Crippen molar-refractivity contribution >= 4 is 44.0 Å². The highest BCUT2D eigenvalue weighted by Crippen LogP contribution is 2.36. The van der Waals surface area contributed by atoms with Gasteiger partial charge in [0.2, 0.25) is 5.88 Å². The molecule has 33 heavy (non-hydrogen) atoms. The van der Waals surface area contributed by atoms with Gasteiger partial charge in [-0.2, -0.15) is 4.98 Å². The van der Waals surface area contributed by atoms with Crippen molar-refractivity contribution < 1.29 is 9.47 Å². The molecule has 0 fully saturated rings. The summed E-state index contributed by atoms with van der Waals surface area (Å²) in [6.45, 7) is 0. The Labute approximate surface area is 198 Å². The van der Waals surface area contributed by atoms with Crippen LogP contribution in [0.1, 0.15) is 0 Å². The van der Waals surface area contributed by atoms with Crippen molar-refractivity contribution in [3.8, 4) is 23.1 Å². The smallest absolute Gasteiger partial charge is 0.248 e. The standard InChI is InChI=1S/C25H18BrN5O2/c26-20-12-13-21(23-19(20)7-4-14-28-23)33-25-22(27)24(29-15-30-25)31-16-8-10-18(11-9-16)32-17-5-2-1-3-6-17/h1-15H,27H2,(H,29,30,31). The largest absolute Gasteiger partial charge is 0.457 e. The lowest BCUT2D eigenvalue weighted by Gasteiger charge is -2.13. The van der Waals surface area contributed by atoms with E-state index in [1.807, 2.05) is 78.9 Å². The van der Waals surface area contributed by atoms with Gasteiger partial charge in [-0.05, 0) is 54.6 Å². The van der Waals surface area contributed by atoms with Gasteiger partial charge in [-0.3, -0.25) is 4.98 Å². The van der Waals surface area contributed by atoms with E-state index in [2.05, 4.69) is 36.2 Å². The number of para-hydroxylation sites is 1. The maximum atomic E-state index is 6.32. The number of pyridine rings is 1. The minimum absolute atomic E-state index is 0.241. The van der Waals surface area contributed by atoms with Crippen LogP contribution in [0.25, 0.3) is 10.9 Å². The number of nitrogens with two attached hydrogens (primary N) is 1. The molecule has 0 spiro atoms. The summed E-state index contributed by atoms with van der Waals surface area (Å²) in [5, 5.41) is 4.13. The van der Waals surface area contributed by atoms with Crippen LogP contribution in [-0.4, -0.2) is 15.0 Å².